The lowest BCUT2D eigenvalue weighted by Gasteiger charge is -2.22. The minimum Gasteiger partial charge on any atom is -0.394 e. The summed E-state index contributed by atoms with van der Waals surface area (Å²) in [4.78, 5) is 68.9. The van der Waals surface area contributed by atoms with Crippen LogP contribution in [0.2, 0.25) is 0 Å². The molecule has 2 fully saturated rings. The number of aromatic amines is 1. The lowest BCUT2D eigenvalue weighted by atomic mass is 10.0. The molecule has 19 nitrogen and oxygen atoms in total. The fraction of sp³-hybridized carbons (Fsp3) is 0.743. The van der Waals surface area contributed by atoms with Crippen LogP contribution in [-0.2, 0) is 27.9 Å². The molecule has 0 radical (unpaired) electrons. The first-order chi connectivity index (χ1) is 26.4. The van der Waals surface area contributed by atoms with Crippen molar-refractivity contribution in [2.75, 3.05) is 18.5 Å². The average molecular weight is 795 g/mol. The van der Waals surface area contributed by atoms with Gasteiger partial charge in [0.2, 0.25) is 5.91 Å². The van der Waals surface area contributed by atoms with Gasteiger partial charge in [-0.3, -0.25) is 32.8 Å². The van der Waals surface area contributed by atoms with Crippen molar-refractivity contribution in [3.63, 3.8) is 0 Å². The highest BCUT2D eigenvalue weighted by Gasteiger charge is 2.43. The van der Waals surface area contributed by atoms with Gasteiger partial charge in [-0.05, 0) is 24.9 Å². The fourth-order valence-electron chi connectivity index (χ4n) is 6.75. The van der Waals surface area contributed by atoms with Crippen molar-refractivity contribution in [3.8, 4) is 0 Å². The first-order valence-corrected chi connectivity index (χ1v) is 20.8. The second-order valence-corrected chi connectivity index (χ2v) is 15.5. The number of phosphoric ester groups is 1. The summed E-state index contributed by atoms with van der Waals surface area (Å²) in [6.45, 7) is 2.53. The second kappa shape index (κ2) is 22.2. The minimum absolute atomic E-state index is 0.00945. The summed E-state index contributed by atoms with van der Waals surface area (Å²) < 4.78 is 37.3. The maximum Gasteiger partial charge on any atom is 0.472 e. The maximum absolute atomic E-state index is 13.0. The van der Waals surface area contributed by atoms with Gasteiger partial charge in [0.25, 0.3) is 5.56 Å². The zero-order valence-corrected chi connectivity index (χ0v) is 32.5. The number of carbonyl (C=O) groups is 1. The molecule has 2 aromatic heterocycles. The Morgan fingerprint density at radius 3 is 2.25 bits per heavy atom. The van der Waals surface area contributed by atoms with E-state index in [1.165, 1.54) is 83.2 Å². The molecular weight excluding hydrogens is 739 g/mol. The van der Waals surface area contributed by atoms with Crippen LogP contribution in [-0.4, -0.2) is 72.6 Å². The molecule has 4 N–H and O–H groups in total. The number of nitrogens with zero attached hydrogens (tertiary/aromatic N) is 6. The van der Waals surface area contributed by atoms with Crippen LogP contribution >= 0.6 is 7.82 Å². The normalized spacial score (nSPS) is 23.3. The summed E-state index contributed by atoms with van der Waals surface area (Å²) in [5.41, 5.74) is 7.20. The van der Waals surface area contributed by atoms with Gasteiger partial charge >= 0.3 is 19.2 Å². The Morgan fingerprint density at radius 2 is 1.64 bits per heavy atom. The standard InChI is InChI=1S/C35H55N8O11P/c1-3-4-5-6-7-8-9-10-11-12-13-14-15-16-30(45)37-29-17-18-42(34(47)38-29)32-20-26(27(22-44)52-32)54-55(49,50)51-23-28-25(40-41-36)19-31(53-28)43-21-24(2)33(46)39-35(43)48/h17-18,21,25-28,31-32,44H,3-16,19-20,22-23H2,1-2H3,(H,49,50)(H,39,46,48)(H,37,38,45,47)/t25-,26-,27+,28+,31+,32+/m0/s1. The van der Waals surface area contributed by atoms with E-state index in [-0.39, 0.29) is 30.1 Å². The number of hydrogen-bond acceptors (Lipinski definition) is 12. The van der Waals surface area contributed by atoms with E-state index in [2.05, 4.69) is 32.2 Å². The third-order valence-corrected chi connectivity index (χ3v) is 10.8. The molecule has 1 unspecified atom stereocenters. The first-order valence-electron chi connectivity index (χ1n) is 19.3. The molecule has 2 aliphatic heterocycles. The van der Waals surface area contributed by atoms with Crippen molar-refractivity contribution < 1.29 is 37.9 Å². The summed E-state index contributed by atoms with van der Waals surface area (Å²) in [5.74, 6) is -0.170. The summed E-state index contributed by atoms with van der Waals surface area (Å²) in [5, 5.41) is 16.2. The van der Waals surface area contributed by atoms with Gasteiger partial charge in [0.15, 0.2) is 0 Å². The van der Waals surface area contributed by atoms with Crippen molar-refractivity contribution in [2.24, 2.45) is 5.11 Å². The van der Waals surface area contributed by atoms with E-state index < -0.39 is 74.8 Å². The summed E-state index contributed by atoms with van der Waals surface area (Å²) in [7, 11) is -4.86. The highest BCUT2D eigenvalue weighted by Crippen LogP contribution is 2.49. The molecular formula is C35H55N8O11P. The van der Waals surface area contributed by atoms with E-state index in [1.807, 2.05) is 0 Å². The second-order valence-electron chi connectivity index (χ2n) is 14.1. The number of azide groups is 1. The van der Waals surface area contributed by atoms with Crippen LogP contribution in [0.1, 0.15) is 128 Å². The summed E-state index contributed by atoms with van der Waals surface area (Å²) in [6, 6.07) is 0.538. The predicted octanol–water partition coefficient (Wildman–Crippen LogP) is 5.27. The number of phosphoric acid groups is 1. The van der Waals surface area contributed by atoms with Gasteiger partial charge in [0.05, 0.1) is 25.4 Å². The van der Waals surface area contributed by atoms with Crippen molar-refractivity contribution in [3.05, 3.63) is 65.8 Å². The molecule has 2 saturated heterocycles. The highest BCUT2D eigenvalue weighted by molar-refractivity contribution is 7.47. The van der Waals surface area contributed by atoms with E-state index >= 15 is 0 Å². The lowest BCUT2D eigenvalue weighted by molar-refractivity contribution is -0.116. The van der Waals surface area contributed by atoms with Crippen molar-refractivity contribution in [1.29, 1.82) is 0 Å². The van der Waals surface area contributed by atoms with Crippen molar-refractivity contribution >= 4 is 19.5 Å². The molecule has 20 heteroatoms. The number of carbonyl (C=O) groups excluding carboxylic acids is 1. The number of H-pyrrole nitrogens is 1. The molecule has 55 heavy (non-hydrogen) atoms. The smallest absolute Gasteiger partial charge is 0.394 e. The van der Waals surface area contributed by atoms with Crippen LogP contribution in [0.4, 0.5) is 5.82 Å². The van der Waals surface area contributed by atoms with Crippen molar-refractivity contribution in [1.82, 2.24) is 19.1 Å². The van der Waals surface area contributed by atoms with Gasteiger partial charge in [-0.25, -0.2) is 14.2 Å². The third-order valence-electron chi connectivity index (χ3n) is 9.81. The number of amides is 1. The minimum atomic E-state index is -4.86. The molecule has 0 aromatic carbocycles. The van der Waals surface area contributed by atoms with Crippen molar-refractivity contribution in [2.45, 2.75) is 153 Å². The number of hydrogen-bond donors (Lipinski definition) is 4. The van der Waals surface area contributed by atoms with Gasteiger partial charge in [0.1, 0.15) is 30.5 Å². The predicted molar refractivity (Wildman–Crippen MR) is 201 cm³/mol. The maximum atomic E-state index is 13.0. The number of anilines is 1. The molecule has 1 amide bonds. The van der Waals surface area contributed by atoms with E-state index in [4.69, 9.17) is 24.1 Å². The van der Waals surface area contributed by atoms with Crippen LogP contribution in [0, 0.1) is 6.92 Å². The highest BCUT2D eigenvalue weighted by atomic mass is 31.2. The topological polar surface area (TPSA) is 262 Å². The van der Waals surface area contributed by atoms with E-state index in [0.29, 0.717) is 6.42 Å². The Morgan fingerprint density at radius 1 is 1.02 bits per heavy atom. The van der Waals surface area contributed by atoms with E-state index in [1.54, 1.807) is 0 Å². The molecule has 2 aliphatic rings. The van der Waals surface area contributed by atoms with Crippen LogP contribution < -0.4 is 22.3 Å². The van der Waals surface area contributed by atoms with Crippen LogP contribution in [0.25, 0.3) is 10.4 Å². The Kier molecular flexibility index (Phi) is 17.8. The van der Waals surface area contributed by atoms with Gasteiger partial charge in [-0.2, -0.15) is 4.98 Å². The molecule has 4 heterocycles. The molecule has 0 bridgehead atoms. The molecule has 7 atom stereocenters. The van der Waals surface area contributed by atoms with Crippen LogP contribution in [0.15, 0.2) is 38.0 Å². The molecule has 4 rings (SSSR count). The molecule has 0 aliphatic carbocycles. The van der Waals surface area contributed by atoms with Crippen LogP contribution in [0.5, 0.6) is 0 Å². The monoisotopic (exact) mass is 794 g/mol. The Hall–Kier alpha value is -3.67. The van der Waals surface area contributed by atoms with Gasteiger partial charge < -0.3 is 24.8 Å². The number of unbranched alkanes of at least 4 members (excludes halogenated alkanes) is 12. The number of aryl methyl sites for hydroxylation is 1. The third kappa shape index (κ3) is 13.8. The van der Waals surface area contributed by atoms with E-state index in [9.17, 15) is 33.7 Å². The van der Waals surface area contributed by atoms with Crippen LogP contribution in [0.3, 0.4) is 0 Å². The zero-order valence-electron chi connectivity index (χ0n) is 31.6. The largest absolute Gasteiger partial charge is 0.472 e. The summed E-state index contributed by atoms with van der Waals surface area (Å²) >= 11 is 0. The SMILES string of the molecule is CCCCCCCCCCCCCCCC(=O)Nc1ccn([C@H]2C[C@H](OP(=O)(O)OC[C@H]3O[C@@H](n4cc(C)c(=O)[nH]c4=O)C[C@@H]3N=[N+]=[N-])[C@@H](CO)O2)c(=O)n1. The Balaban J connectivity index is 1.20. The fourth-order valence-corrected chi connectivity index (χ4v) is 7.71. The Labute approximate surface area is 319 Å². The van der Waals surface area contributed by atoms with E-state index in [0.717, 1.165) is 34.8 Å². The average Bonchev–Trinajstić information content (AvgIpc) is 3.74. The Bertz CT molecular complexity index is 1810. The summed E-state index contributed by atoms with van der Waals surface area (Å²) in [6.07, 6.45) is 13.1. The van der Waals surface area contributed by atoms with Gasteiger partial charge in [-0.1, -0.05) is 89.1 Å². The first kappa shape index (κ1) is 44.0. The van der Waals surface area contributed by atoms with Gasteiger partial charge in [0, 0.05) is 42.1 Å². The van der Waals surface area contributed by atoms with Gasteiger partial charge in [-0.15, -0.1) is 0 Å². The lowest BCUT2D eigenvalue weighted by Crippen LogP contribution is -2.33. The molecule has 0 spiro atoms. The molecule has 0 saturated carbocycles. The quantitative estimate of drug-likeness (QED) is 0.0348. The number of ether oxygens (including phenoxy) is 2. The molecule has 2 aromatic rings. The number of rotatable bonds is 24. The number of aliphatic hydroxyl groups is 1. The number of nitrogens with one attached hydrogen (secondary N) is 2. The number of aliphatic hydroxyl groups excluding tert-OH is 1. The molecule has 306 valence electrons. The number of aromatic nitrogens is 4. The zero-order chi connectivity index (χ0) is 39.8.